The first-order chi connectivity index (χ1) is 4.15. The topological polar surface area (TPSA) is 3.24 Å². The largest absolute Gasteiger partial charge is 0.312 e. The van der Waals surface area contributed by atoms with Crippen molar-refractivity contribution >= 4 is 0 Å². The zero-order valence-corrected chi connectivity index (χ0v) is 8.15. The molecule has 0 N–H and O–H groups in total. The van der Waals surface area contributed by atoms with Gasteiger partial charge in [-0.2, -0.15) is 0 Å². The molecule has 68 valence electrons. The molecule has 0 heterocycles. The molecule has 0 aromatic carbocycles. The van der Waals surface area contributed by atoms with Crippen molar-refractivity contribution in [3.05, 3.63) is 0 Å². The van der Waals surface area contributed by atoms with E-state index >= 15 is 0 Å². The third kappa shape index (κ3) is 241000. The fourth-order valence-electron chi connectivity index (χ4n) is 0. The zero-order chi connectivity index (χ0) is 8.28. The number of rotatable bonds is 0. The molecule has 0 saturated heterocycles. The molecule has 0 atom stereocenters. The van der Waals surface area contributed by atoms with Gasteiger partial charge in [0, 0.05) is 0 Å². The van der Waals surface area contributed by atoms with E-state index < -0.39 is 0 Å². The second kappa shape index (κ2) is 36.2. The molecule has 0 unspecified atom stereocenters. The van der Waals surface area contributed by atoms with E-state index in [9.17, 15) is 0 Å². The average molecular weight is 149 g/mol. The van der Waals surface area contributed by atoms with Crippen molar-refractivity contribution < 1.29 is 0 Å². The van der Waals surface area contributed by atoms with E-state index in [0.717, 1.165) is 0 Å². The van der Waals surface area contributed by atoms with Crippen molar-refractivity contribution in [2.24, 2.45) is 0 Å². The number of hydrogen-bond acceptors (Lipinski definition) is 1. The first-order valence-electron chi connectivity index (χ1n) is 3.76. The van der Waals surface area contributed by atoms with Gasteiger partial charge in [-0.05, 0) is 21.1 Å². The van der Waals surface area contributed by atoms with Crippen LogP contribution >= 0.6 is 0 Å². The molecule has 0 aromatic rings. The molecule has 0 bridgehead atoms. The van der Waals surface area contributed by atoms with Crippen molar-refractivity contribution in [2.45, 2.75) is 41.5 Å². The van der Waals surface area contributed by atoms with E-state index in [4.69, 9.17) is 0 Å². The lowest BCUT2D eigenvalue weighted by atomic mass is 10.6. The molecule has 0 amide bonds. The van der Waals surface area contributed by atoms with Gasteiger partial charge >= 0.3 is 0 Å². The SMILES string of the molecule is C.CC.CCC.CN(C)C. The fraction of sp³-hybridized carbons (Fsp3) is 1.00. The molecule has 0 radical (unpaired) electrons. The van der Waals surface area contributed by atoms with Gasteiger partial charge in [-0.1, -0.05) is 41.5 Å². The quantitative estimate of drug-likeness (QED) is 0.511. The van der Waals surface area contributed by atoms with Crippen LogP contribution in [0.3, 0.4) is 0 Å². The Kier molecular flexibility index (Phi) is 81.5. The summed E-state index contributed by atoms with van der Waals surface area (Å²) in [6, 6.07) is 0. The molecular weight excluding hydrogens is 122 g/mol. The normalized spacial score (nSPS) is 6.00. The van der Waals surface area contributed by atoms with Crippen LogP contribution in [0.25, 0.3) is 0 Å². The summed E-state index contributed by atoms with van der Waals surface area (Å²) in [5, 5.41) is 0. The van der Waals surface area contributed by atoms with Gasteiger partial charge in [0.1, 0.15) is 0 Å². The Morgan fingerprint density at radius 1 is 0.900 bits per heavy atom. The summed E-state index contributed by atoms with van der Waals surface area (Å²) in [4.78, 5) is 2.00. The molecule has 0 rings (SSSR count). The Hall–Kier alpha value is -0.0400. The van der Waals surface area contributed by atoms with E-state index in [1.807, 2.05) is 39.9 Å². The third-order valence-corrected chi connectivity index (χ3v) is 0. The van der Waals surface area contributed by atoms with Crippen LogP contribution in [-0.4, -0.2) is 26.0 Å². The lowest BCUT2D eigenvalue weighted by Crippen LogP contribution is -1.99. The first-order valence-corrected chi connectivity index (χ1v) is 3.76. The number of hydrogen-bond donors (Lipinski definition) is 0. The maximum Gasteiger partial charge on any atom is -0.0140 e. The summed E-state index contributed by atoms with van der Waals surface area (Å²) in [6.45, 7) is 8.25. The van der Waals surface area contributed by atoms with Gasteiger partial charge in [0.2, 0.25) is 0 Å². The highest BCUT2D eigenvalue weighted by Crippen LogP contribution is 1.56. The van der Waals surface area contributed by atoms with Crippen molar-refractivity contribution in [3.63, 3.8) is 0 Å². The van der Waals surface area contributed by atoms with E-state index in [1.54, 1.807) is 0 Å². The Bertz CT molecular complexity index is 15.9. The van der Waals surface area contributed by atoms with Crippen LogP contribution in [0.5, 0.6) is 0 Å². The summed E-state index contributed by atoms with van der Waals surface area (Å²) in [7, 11) is 6.00. The van der Waals surface area contributed by atoms with E-state index in [0.29, 0.717) is 0 Å². The number of nitrogens with zero attached hydrogens (tertiary/aromatic N) is 1. The summed E-state index contributed by atoms with van der Waals surface area (Å²) >= 11 is 0. The Labute approximate surface area is 68.4 Å². The Morgan fingerprint density at radius 3 is 0.900 bits per heavy atom. The second-order valence-corrected chi connectivity index (χ2v) is 2.05. The highest BCUT2D eigenvalue weighted by molar-refractivity contribution is 4.09. The van der Waals surface area contributed by atoms with Crippen molar-refractivity contribution in [3.8, 4) is 0 Å². The van der Waals surface area contributed by atoms with Gasteiger partial charge in [-0.25, -0.2) is 0 Å². The van der Waals surface area contributed by atoms with Crippen LogP contribution in [-0.2, 0) is 0 Å². The minimum Gasteiger partial charge on any atom is -0.312 e. The maximum absolute atomic E-state index is 2.12. The predicted molar refractivity (Wildman–Crippen MR) is 53.7 cm³/mol. The minimum atomic E-state index is 0. The highest BCUT2D eigenvalue weighted by Gasteiger charge is 1.58. The maximum atomic E-state index is 2.12. The molecule has 0 saturated carbocycles. The molecule has 0 aliphatic carbocycles. The van der Waals surface area contributed by atoms with Gasteiger partial charge in [0.15, 0.2) is 0 Å². The van der Waals surface area contributed by atoms with Gasteiger partial charge in [-0.15, -0.1) is 0 Å². The molecule has 0 fully saturated rings. The van der Waals surface area contributed by atoms with Crippen molar-refractivity contribution in [1.82, 2.24) is 4.90 Å². The van der Waals surface area contributed by atoms with Gasteiger partial charge in [0.05, 0.1) is 0 Å². The summed E-state index contributed by atoms with van der Waals surface area (Å²) in [5.41, 5.74) is 0. The average Bonchev–Trinajstić information content (AvgIpc) is 1.71. The van der Waals surface area contributed by atoms with Gasteiger partial charge in [-0.3, -0.25) is 0 Å². The third-order valence-electron chi connectivity index (χ3n) is 0. The predicted octanol–water partition coefficient (Wildman–Crippen LogP) is 3.26. The molecule has 0 aromatic heterocycles. The minimum absolute atomic E-state index is 0. The highest BCUT2D eigenvalue weighted by atomic mass is 15.0. The molecule has 10 heavy (non-hydrogen) atoms. The lowest BCUT2D eigenvalue weighted by molar-refractivity contribution is 0.505. The molecular formula is C9H27N. The van der Waals surface area contributed by atoms with E-state index in [1.165, 1.54) is 6.42 Å². The monoisotopic (exact) mass is 149 g/mol. The van der Waals surface area contributed by atoms with Crippen LogP contribution in [0, 0.1) is 0 Å². The smallest absolute Gasteiger partial charge is 0.0140 e. The van der Waals surface area contributed by atoms with Crippen LogP contribution in [0.4, 0.5) is 0 Å². The van der Waals surface area contributed by atoms with Crippen molar-refractivity contribution in [2.75, 3.05) is 21.1 Å². The second-order valence-electron chi connectivity index (χ2n) is 2.05. The molecule has 0 spiro atoms. The molecule has 1 nitrogen and oxygen atoms in total. The fourth-order valence-corrected chi connectivity index (χ4v) is 0. The zero-order valence-electron chi connectivity index (χ0n) is 8.15. The lowest BCUT2D eigenvalue weighted by Gasteiger charge is -1.90. The van der Waals surface area contributed by atoms with Crippen LogP contribution < -0.4 is 0 Å². The Morgan fingerprint density at radius 2 is 0.900 bits per heavy atom. The summed E-state index contributed by atoms with van der Waals surface area (Å²) < 4.78 is 0. The summed E-state index contributed by atoms with van der Waals surface area (Å²) in [6.07, 6.45) is 1.25. The molecule has 0 aliphatic heterocycles. The van der Waals surface area contributed by atoms with Crippen LogP contribution in [0.1, 0.15) is 41.5 Å². The summed E-state index contributed by atoms with van der Waals surface area (Å²) in [5.74, 6) is 0. The van der Waals surface area contributed by atoms with E-state index in [2.05, 4.69) is 13.8 Å². The first kappa shape index (κ1) is 22.5. The van der Waals surface area contributed by atoms with Crippen LogP contribution in [0.15, 0.2) is 0 Å². The molecule has 0 aliphatic rings. The van der Waals surface area contributed by atoms with E-state index in [-0.39, 0.29) is 7.43 Å². The van der Waals surface area contributed by atoms with Crippen molar-refractivity contribution in [1.29, 1.82) is 0 Å². The van der Waals surface area contributed by atoms with Crippen LogP contribution in [0.2, 0.25) is 0 Å². The molecule has 1 heteroatoms. The van der Waals surface area contributed by atoms with Gasteiger partial charge < -0.3 is 4.90 Å². The standard InChI is InChI=1S/C3H9N.C3H8.C2H6.CH4/c1-4(2)3;1-3-2;1-2;/h1-3H3;3H2,1-2H3;1-2H3;1H4. The Balaban J connectivity index is -0.0000000273. The van der Waals surface area contributed by atoms with Gasteiger partial charge in [0.25, 0.3) is 0 Å².